The lowest BCUT2D eigenvalue weighted by molar-refractivity contribution is -0.117. The summed E-state index contributed by atoms with van der Waals surface area (Å²) in [6, 6.07) is 7.39. The molecule has 0 saturated heterocycles. The fourth-order valence-electron chi connectivity index (χ4n) is 2.80. The zero-order valence-electron chi connectivity index (χ0n) is 10.8. The number of benzene rings is 1. The average molecular weight is 248 g/mol. The van der Waals surface area contributed by atoms with Gasteiger partial charge in [-0.3, -0.25) is 0 Å². The van der Waals surface area contributed by atoms with Crippen LogP contribution in [0.25, 0.3) is 0 Å². The highest BCUT2D eigenvalue weighted by atomic mass is 16.5. The number of rotatable bonds is 4. The number of carbonyl (C=O) groups is 1. The largest absolute Gasteiger partial charge is 0.497 e. The smallest absolute Gasteiger partial charge is 0.130 e. The van der Waals surface area contributed by atoms with E-state index in [-0.39, 0.29) is 0 Å². The summed E-state index contributed by atoms with van der Waals surface area (Å²) in [4.78, 5) is 11.4. The van der Waals surface area contributed by atoms with Crippen LogP contribution >= 0.6 is 0 Å². The third-order valence-corrected chi connectivity index (χ3v) is 3.91. The molecule has 2 rings (SSSR count). The van der Waals surface area contributed by atoms with E-state index in [1.807, 2.05) is 24.3 Å². The predicted molar refractivity (Wildman–Crippen MR) is 69.8 cm³/mol. The van der Waals surface area contributed by atoms with Crippen LogP contribution in [0.2, 0.25) is 0 Å². The quantitative estimate of drug-likeness (QED) is 0.833. The first kappa shape index (κ1) is 13.1. The molecule has 1 aromatic carbocycles. The van der Waals surface area contributed by atoms with Crippen molar-refractivity contribution in [2.45, 2.75) is 43.6 Å². The van der Waals surface area contributed by atoms with Gasteiger partial charge in [-0.25, -0.2) is 0 Å². The molecule has 0 amide bonds. The van der Waals surface area contributed by atoms with Crippen molar-refractivity contribution in [1.29, 1.82) is 0 Å². The Bertz CT molecular complexity index is 391. The van der Waals surface area contributed by atoms with Crippen LogP contribution in [-0.2, 0) is 4.79 Å². The van der Waals surface area contributed by atoms with Crippen LogP contribution in [-0.4, -0.2) is 24.1 Å². The molecule has 1 atom stereocenters. The molecule has 1 aromatic rings. The highest BCUT2D eigenvalue weighted by Gasteiger charge is 2.38. The molecule has 1 unspecified atom stereocenters. The molecule has 0 heterocycles. The highest BCUT2D eigenvalue weighted by molar-refractivity contribution is 5.64. The van der Waals surface area contributed by atoms with Crippen molar-refractivity contribution in [3.63, 3.8) is 0 Å². The van der Waals surface area contributed by atoms with E-state index in [2.05, 4.69) is 0 Å². The van der Waals surface area contributed by atoms with Gasteiger partial charge in [-0.1, -0.05) is 31.4 Å². The Labute approximate surface area is 108 Å². The molecule has 1 aliphatic carbocycles. The lowest BCUT2D eigenvalue weighted by Crippen LogP contribution is -2.39. The van der Waals surface area contributed by atoms with Gasteiger partial charge in [0.05, 0.1) is 18.6 Å². The van der Waals surface area contributed by atoms with Gasteiger partial charge in [0, 0.05) is 0 Å². The summed E-state index contributed by atoms with van der Waals surface area (Å²) in [6.07, 6.45) is 5.45. The zero-order valence-corrected chi connectivity index (χ0v) is 10.8. The Balaban J connectivity index is 2.23. The topological polar surface area (TPSA) is 46.5 Å². The first-order chi connectivity index (χ1) is 8.69. The fraction of sp³-hybridized carbons (Fsp3) is 0.533. The second kappa shape index (κ2) is 5.53. The molecule has 3 heteroatoms. The Hall–Kier alpha value is -1.35. The van der Waals surface area contributed by atoms with Crippen LogP contribution in [0.3, 0.4) is 0 Å². The molecule has 0 radical (unpaired) electrons. The van der Waals surface area contributed by atoms with Crippen LogP contribution in [0.15, 0.2) is 24.3 Å². The van der Waals surface area contributed by atoms with E-state index < -0.39 is 11.5 Å². The molecule has 1 N–H and O–H groups in total. The molecule has 1 fully saturated rings. The molecular weight excluding hydrogens is 228 g/mol. The van der Waals surface area contributed by atoms with Gasteiger partial charge in [0.2, 0.25) is 0 Å². The normalized spacial score (nSPS) is 20.1. The number of aliphatic hydroxyl groups is 1. The van der Waals surface area contributed by atoms with E-state index in [0.29, 0.717) is 12.8 Å². The Kier molecular flexibility index (Phi) is 4.02. The summed E-state index contributed by atoms with van der Waals surface area (Å²) in [6.45, 7) is 0. The van der Waals surface area contributed by atoms with E-state index in [1.165, 1.54) is 0 Å². The maximum Gasteiger partial charge on any atom is 0.130 e. The van der Waals surface area contributed by atoms with Crippen LogP contribution in [0.1, 0.15) is 43.6 Å². The lowest BCUT2D eigenvalue weighted by Gasteiger charge is -2.36. The Morgan fingerprint density at radius 3 is 2.33 bits per heavy atom. The van der Waals surface area contributed by atoms with Crippen molar-refractivity contribution in [3.05, 3.63) is 29.8 Å². The molecule has 0 bridgehead atoms. The maximum absolute atomic E-state index is 11.4. The van der Waals surface area contributed by atoms with Crippen molar-refractivity contribution in [1.82, 2.24) is 0 Å². The predicted octanol–water partition coefficient (Wildman–Crippen LogP) is 2.67. The Morgan fingerprint density at radius 1 is 1.22 bits per heavy atom. The summed E-state index contributed by atoms with van der Waals surface area (Å²) >= 11 is 0. The maximum atomic E-state index is 11.4. The van der Waals surface area contributed by atoms with Gasteiger partial charge in [0.25, 0.3) is 0 Å². The molecular formula is C15H20O3. The summed E-state index contributed by atoms with van der Waals surface area (Å²) in [5.74, 6) is 0.336. The van der Waals surface area contributed by atoms with Crippen molar-refractivity contribution in [2.75, 3.05) is 7.11 Å². The minimum absolute atomic E-state index is 0.427. The minimum Gasteiger partial charge on any atom is -0.497 e. The van der Waals surface area contributed by atoms with Crippen LogP contribution in [0.5, 0.6) is 5.75 Å². The molecule has 0 spiro atoms. The van der Waals surface area contributed by atoms with Crippen molar-refractivity contribution in [2.24, 2.45) is 0 Å². The summed E-state index contributed by atoms with van der Waals surface area (Å²) < 4.78 is 5.10. The lowest BCUT2D eigenvalue weighted by atomic mass is 9.73. The van der Waals surface area contributed by atoms with Crippen LogP contribution in [0, 0.1) is 0 Å². The monoisotopic (exact) mass is 248 g/mol. The summed E-state index contributed by atoms with van der Waals surface area (Å²) in [5, 5.41) is 10.6. The van der Waals surface area contributed by atoms with E-state index in [9.17, 15) is 9.90 Å². The molecule has 98 valence electrons. The van der Waals surface area contributed by atoms with E-state index in [4.69, 9.17) is 4.74 Å². The highest BCUT2D eigenvalue weighted by Crippen LogP contribution is 2.39. The SMILES string of the molecule is COc1ccc(C(C=O)C2(O)CCCCC2)cc1. The van der Waals surface area contributed by atoms with Gasteiger partial charge in [-0.15, -0.1) is 0 Å². The second-order valence-corrected chi connectivity index (χ2v) is 5.05. The number of methoxy groups -OCH3 is 1. The zero-order chi connectivity index (χ0) is 13.0. The van der Waals surface area contributed by atoms with Gasteiger partial charge in [-0.2, -0.15) is 0 Å². The van der Waals surface area contributed by atoms with Crippen molar-refractivity contribution in [3.8, 4) is 5.75 Å². The third kappa shape index (κ3) is 2.56. The van der Waals surface area contributed by atoms with Crippen LogP contribution < -0.4 is 4.74 Å². The molecule has 1 saturated carbocycles. The van der Waals surface area contributed by atoms with E-state index >= 15 is 0 Å². The molecule has 0 aromatic heterocycles. The third-order valence-electron chi connectivity index (χ3n) is 3.91. The van der Waals surface area contributed by atoms with E-state index in [0.717, 1.165) is 36.9 Å². The van der Waals surface area contributed by atoms with Crippen molar-refractivity contribution >= 4 is 6.29 Å². The molecule has 1 aliphatic rings. The minimum atomic E-state index is -0.866. The number of carbonyl (C=O) groups excluding carboxylic acids is 1. The second-order valence-electron chi connectivity index (χ2n) is 5.05. The standard InChI is InChI=1S/C15H20O3/c1-18-13-7-5-12(6-8-13)14(11-16)15(17)9-3-2-4-10-15/h5-8,11,14,17H,2-4,9-10H2,1H3. The van der Waals surface area contributed by atoms with E-state index in [1.54, 1.807) is 7.11 Å². The van der Waals surface area contributed by atoms with Crippen LogP contribution in [0.4, 0.5) is 0 Å². The molecule has 18 heavy (non-hydrogen) atoms. The molecule has 3 nitrogen and oxygen atoms in total. The van der Waals surface area contributed by atoms with Gasteiger partial charge in [0.1, 0.15) is 12.0 Å². The van der Waals surface area contributed by atoms with Gasteiger partial charge < -0.3 is 14.6 Å². The molecule has 0 aliphatic heterocycles. The van der Waals surface area contributed by atoms with Crippen molar-refractivity contribution < 1.29 is 14.6 Å². The Morgan fingerprint density at radius 2 is 1.83 bits per heavy atom. The van der Waals surface area contributed by atoms with Gasteiger partial charge in [-0.05, 0) is 30.5 Å². The fourth-order valence-corrected chi connectivity index (χ4v) is 2.80. The first-order valence-corrected chi connectivity index (χ1v) is 6.51. The summed E-state index contributed by atoms with van der Waals surface area (Å²) in [5.41, 5.74) is 0.00408. The number of aldehydes is 1. The first-order valence-electron chi connectivity index (χ1n) is 6.51. The number of ether oxygens (including phenoxy) is 1. The number of hydrogen-bond acceptors (Lipinski definition) is 3. The average Bonchev–Trinajstić information content (AvgIpc) is 2.41. The summed E-state index contributed by atoms with van der Waals surface area (Å²) in [7, 11) is 1.61. The van der Waals surface area contributed by atoms with Gasteiger partial charge >= 0.3 is 0 Å². The van der Waals surface area contributed by atoms with Gasteiger partial charge in [0.15, 0.2) is 0 Å². The number of hydrogen-bond donors (Lipinski definition) is 1.